The Balaban J connectivity index is 1.73. The Morgan fingerprint density at radius 2 is 2.12 bits per heavy atom. The summed E-state index contributed by atoms with van der Waals surface area (Å²) in [5.74, 6) is 2.06. The van der Waals surface area contributed by atoms with Gasteiger partial charge >= 0.3 is 0 Å². The van der Waals surface area contributed by atoms with Crippen molar-refractivity contribution in [2.75, 3.05) is 29.9 Å². The minimum Gasteiger partial charge on any atom is -0.382 e. The van der Waals surface area contributed by atoms with Gasteiger partial charge in [0.2, 0.25) is 0 Å². The summed E-state index contributed by atoms with van der Waals surface area (Å²) >= 11 is 0. The van der Waals surface area contributed by atoms with Crippen LogP contribution in [0.3, 0.4) is 0 Å². The molecule has 3 rings (SSSR count). The van der Waals surface area contributed by atoms with Gasteiger partial charge in [0, 0.05) is 25.8 Å². The molecule has 16 heavy (non-hydrogen) atoms. The van der Waals surface area contributed by atoms with E-state index in [1.807, 2.05) is 12.3 Å². The Kier molecular flexibility index (Phi) is 2.68. The molecule has 1 aliphatic heterocycles. The van der Waals surface area contributed by atoms with Crippen molar-refractivity contribution in [1.29, 1.82) is 0 Å². The number of hydrogen-bond acceptors (Lipinski definition) is 3. The molecule has 0 atom stereocenters. The highest BCUT2D eigenvalue weighted by molar-refractivity contribution is 5.65. The SMILES string of the molecule is c1cnc(N2CCCC2)c(NCC2CC2)c1. The van der Waals surface area contributed by atoms with E-state index in [4.69, 9.17) is 0 Å². The molecule has 1 aliphatic carbocycles. The van der Waals surface area contributed by atoms with Gasteiger partial charge in [-0.2, -0.15) is 0 Å². The Morgan fingerprint density at radius 3 is 2.88 bits per heavy atom. The van der Waals surface area contributed by atoms with Gasteiger partial charge in [0.15, 0.2) is 5.82 Å². The van der Waals surface area contributed by atoms with Gasteiger partial charge in [0.25, 0.3) is 0 Å². The third kappa shape index (κ3) is 2.13. The van der Waals surface area contributed by atoms with E-state index in [2.05, 4.69) is 21.3 Å². The number of pyridine rings is 1. The number of rotatable bonds is 4. The van der Waals surface area contributed by atoms with E-state index in [0.29, 0.717) is 0 Å². The molecular formula is C13H19N3. The normalized spacial score (nSPS) is 20.1. The first-order valence-corrected chi connectivity index (χ1v) is 6.37. The van der Waals surface area contributed by atoms with E-state index in [1.165, 1.54) is 31.4 Å². The molecule has 0 unspecified atom stereocenters. The third-order valence-corrected chi connectivity index (χ3v) is 3.47. The summed E-state index contributed by atoms with van der Waals surface area (Å²) in [6.45, 7) is 3.44. The maximum absolute atomic E-state index is 4.52. The number of aromatic nitrogens is 1. The molecule has 3 heteroatoms. The molecule has 86 valence electrons. The standard InChI is InChI=1S/C13H19N3/c1-2-9-16(8-1)13-12(4-3-7-14-13)15-10-11-5-6-11/h3-4,7,11,15H,1-2,5-6,8-10H2. The summed E-state index contributed by atoms with van der Waals surface area (Å²) in [6, 6.07) is 4.18. The van der Waals surface area contributed by atoms with Crippen molar-refractivity contribution in [3.05, 3.63) is 18.3 Å². The fourth-order valence-corrected chi connectivity index (χ4v) is 2.29. The molecule has 0 spiro atoms. The van der Waals surface area contributed by atoms with E-state index in [-0.39, 0.29) is 0 Å². The Hall–Kier alpha value is -1.25. The highest BCUT2D eigenvalue weighted by Gasteiger charge is 2.22. The molecule has 0 aromatic carbocycles. The summed E-state index contributed by atoms with van der Waals surface area (Å²) in [5, 5.41) is 3.55. The Morgan fingerprint density at radius 1 is 1.31 bits per heavy atom. The predicted octanol–water partition coefficient (Wildman–Crippen LogP) is 2.50. The first-order valence-electron chi connectivity index (χ1n) is 6.37. The molecule has 1 saturated heterocycles. The fourth-order valence-electron chi connectivity index (χ4n) is 2.29. The van der Waals surface area contributed by atoms with Crippen molar-refractivity contribution >= 4 is 11.5 Å². The molecule has 1 N–H and O–H groups in total. The quantitative estimate of drug-likeness (QED) is 0.840. The lowest BCUT2D eigenvalue weighted by Crippen LogP contribution is -2.21. The molecule has 1 aromatic heterocycles. The van der Waals surface area contributed by atoms with Crippen LogP contribution in [0.1, 0.15) is 25.7 Å². The highest BCUT2D eigenvalue weighted by Crippen LogP contribution is 2.31. The summed E-state index contributed by atoms with van der Waals surface area (Å²) in [7, 11) is 0. The molecule has 3 nitrogen and oxygen atoms in total. The monoisotopic (exact) mass is 217 g/mol. The maximum atomic E-state index is 4.52. The van der Waals surface area contributed by atoms with E-state index in [9.17, 15) is 0 Å². The molecule has 2 fully saturated rings. The van der Waals surface area contributed by atoms with E-state index < -0.39 is 0 Å². The first-order chi connectivity index (χ1) is 7.93. The van der Waals surface area contributed by atoms with Gasteiger partial charge in [-0.1, -0.05) is 0 Å². The summed E-state index contributed by atoms with van der Waals surface area (Å²) < 4.78 is 0. The minimum atomic E-state index is 0.909. The minimum absolute atomic E-state index is 0.909. The van der Waals surface area contributed by atoms with Crippen LogP contribution in [0.4, 0.5) is 11.5 Å². The van der Waals surface area contributed by atoms with Crippen molar-refractivity contribution in [3.63, 3.8) is 0 Å². The molecular weight excluding hydrogens is 198 g/mol. The van der Waals surface area contributed by atoms with Gasteiger partial charge in [-0.15, -0.1) is 0 Å². The van der Waals surface area contributed by atoms with Crippen LogP contribution in [0.2, 0.25) is 0 Å². The van der Waals surface area contributed by atoms with Crippen molar-refractivity contribution in [2.24, 2.45) is 5.92 Å². The van der Waals surface area contributed by atoms with Crippen molar-refractivity contribution in [3.8, 4) is 0 Å². The van der Waals surface area contributed by atoms with Crippen LogP contribution in [0, 0.1) is 5.92 Å². The van der Waals surface area contributed by atoms with Crippen LogP contribution in [-0.4, -0.2) is 24.6 Å². The lowest BCUT2D eigenvalue weighted by Gasteiger charge is -2.20. The highest BCUT2D eigenvalue weighted by atomic mass is 15.2. The smallest absolute Gasteiger partial charge is 0.151 e. The molecule has 0 radical (unpaired) electrons. The zero-order chi connectivity index (χ0) is 10.8. The molecule has 2 heterocycles. The zero-order valence-electron chi connectivity index (χ0n) is 9.65. The molecule has 1 saturated carbocycles. The van der Waals surface area contributed by atoms with Gasteiger partial charge in [-0.25, -0.2) is 4.98 Å². The number of nitrogens with zero attached hydrogens (tertiary/aromatic N) is 2. The summed E-state index contributed by atoms with van der Waals surface area (Å²) in [5.41, 5.74) is 1.22. The topological polar surface area (TPSA) is 28.2 Å². The van der Waals surface area contributed by atoms with Gasteiger partial charge in [-0.3, -0.25) is 0 Å². The van der Waals surface area contributed by atoms with Crippen molar-refractivity contribution in [1.82, 2.24) is 4.98 Å². The second-order valence-corrected chi connectivity index (χ2v) is 4.89. The average molecular weight is 217 g/mol. The van der Waals surface area contributed by atoms with Gasteiger partial charge in [0.05, 0.1) is 5.69 Å². The van der Waals surface area contributed by atoms with Gasteiger partial charge in [-0.05, 0) is 43.7 Å². The fraction of sp³-hybridized carbons (Fsp3) is 0.615. The van der Waals surface area contributed by atoms with E-state index in [0.717, 1.165) is 31.4 Å². The van der Waals surface area contributed by atoms with Gasteiger partial charge < -0.3 is 10.2 Å². The zero-order valence-corrected chi connectivity index (χ0v) is 9.65. The van der Waals surface area contributed by atoms with Crippen molar-refractivity contribution in [2.45, 2.75) is 25.7 Å². The second kappa shape index (κ2) is 4.32. The molecule has 1 aromatic rings. The van der Waals surface area contributed by atoms with Crippen LogP contribution in [0.5, 0.6) is 0 Å². The largest absolute Gasteiger partial charge is 0.382 e. The van der Waals surface area contributed by atoms with Crippen LogP contribution in [-0.2, 0) is 0 Å². The molecule has 0 bridgehead atoms. The Labute approximate surface area is 96.9 Å². The molecule has 0 amide bonds. The van der Waals surface area contributed by atoms with Crippen LogP contribution in [0.25, 0.3) is 0 Å². The summed E-state index contributed by atoms with van der Waals surface area (Å²) in [6.07, 6.45) is 7.30. The first kappa shape index (κ1) is 9.94. The second-order valence-electron chi connectivity index (χ2n) is 4.89. The van der Waals surface area contributed by atoms with Crippen LogP contribution in [0.15, 0.2) is 18.3 Å². The third-order valence-electron chi connectivity index (χ3n) is 3.47. The Bertz CT molecular complexity index is 354. The number of anilines is 2. The predicted molar refractivity (Wildman–Crippen MR) is 66.9 cm³/mol. The lowest BCUT2D eigenvalue weighted by atomic mass is 10.3. The maximum Gasteiger partial charge on any atom is 0.151 e. The van der Waals surface area contributed by atoms with Crippen LogP contribution >= 0.6 is 0 Å². The lowest BCUT2D eigenvalue weighted by molar-refractivity contribution is 0.880. The van der Waals surface area contributed by atoms with E-state index in [1.54, 1.807) is 0 Å². The van der Waals surface area contributed by atoms with Crippen molar-refractivity contribution < 1.29 is 0 Å². The van der Waals surface area contributed by atoms with E-state index >= 15 is 0 Å². The van der Waals surface area contributed by atoms with Crippen LogP contribution < -0.4 is 10.2 Å². The summed E-state index contributed by atoms with van der Waals surface area (Å²) in [4.78, 5) is 6.92. The number of hydrogen-bond donors (Lipinski definition) is 1. The van der Waals surface area contributed by atoms with Gasteiger partial charge in [0.1, 0.15) is 0 Å². The number of nitrogens with one attached hydrogen (secondary N) is 1. The average Bonchev–Trinajstić information content (AvgIpc) is 3.00. The molecule has 2 aliphatic rings.